The number of rotatable bonds is 4. The summed E-state index contributed by atoms with van der Waals surface area (Å²) in [7, 11) is 0. The van der Waals surface area contributed by atoms with Crippen molar-refractivity contribution in [3.05, 3.63) is 24.3 Å². The van der Waals surface area contributed by atoms with Crippen LogP contribution in [0.15, 0.2) is 29.4 Å². The van der Waals surface area contributed by atoms with Crippen molar-refractivity contribution in [2.24, 2.45) is 5.92 Å². The summed E-state index contributed by atoms with van der Waals surface area (Å²) in [4.78, 5) is 31.4. The van der Waals surface area contributed by atoms with Crippen LogP contribution in [0.1, 0.15) is 12.8 Å². The molecule has 6 nitrogen and oxygen atoms in total. The highest BCUT2D eigenvalue weighted by atomic mass is 32.2. The summed E-state index contributed by atoms with van der Waals surface area (Å²) in [6.07, 6.45) is 1.58. The monoisotopic (exact) mass is 318 g/mol. The number of benzene rings is 1. The van der Waals surface area contributed by atoms with Gasteiger partial charge in [-0.1, -0.05) is 23.9 Å². The van der Waals surface area contributed by atoms with Crippen LogP contribution >= 0.6 is 11.8 Å². The van der Waals surface area contributed by atoms with Crippen LogP contribution in [0.5, 0.6) is 0 Å². The topological polar surface area (TPSA) is 86.9 Å². The zero-order chi connectivity index (χ0) is 15.4. The number of para-hydroxylation sites is 2. The van der Waals surface area contributed by atoms with E-state index in [1.165, 1.54) is 11.8 Å². The lowest BCUT2D eigenvalue weighted by Gasteiger charge is -2.21. The SMILES string of the molecule is O=C(CSc1nc2ccccc2[nH]1)NC(=O)C1CCNCC1. The highest BCUT2D eigenvalue weighted by Crippen LogP contribution is 2.19. The Morgan fingerprint density at radius 2 is 2.05 bits per heavy atom. The molecule has 22 heavy (non-hydrogen) atoms. The van der Waals surface area contributed by atoms with Crippen LogP contribution in [-0.2, 0) is 9.59 Å². The van der Waals surface area contributed by atoms with Gasteiger partial charge in [-0.3, -0.25) is 14.9 Å². The summed E-state index contributed by atoms with van der Waals surface area (Å²) >= 11 is 1.30. The number of piperidine rings is 1. The Labute approximate surface area is 132 Å². The van der Waals surface area contributed by atoms with E-state index < -0.39 is 0 Å². The van der Waals surface area contributed by atoms with Crippen molar-refractivity contribution in [3.8, 4) is 0 Å². The number of nitrogens with one attached hydrogen (secondary N) is 3. The first kappa shape index (κ1) is 15.1. The first-order chi connectivity index (χ1) is 10.7. The summed E-state index contributed by atoms with van der Waals surface area (Å²) < 4.78 is 0. The van der Waals surface area contributed by atoms with Gasteiger partial charge in [-0.2, -0.15) is 0 Å². The minimum atomic E-state index is -0.269. The molecule has 1 fully saturated rings. The number of fused-ring (bicyclic) bond motifs is 1. The Bertz CT molecular complexity index is 646. The number of hydrogen-bond donors (Lipinski definition) is 3. The molecule has 0 unspecified atom stereocenters. The third-order valence-corrected chi connectivity index (χ3v) is 4.55. The van der Waals surface area contributed by atoms with Crippen LogP contribution in [0.3, 0.4) is 0 Å². The van der Waals surface area contributed by atoms with Gasteiger partial charge in [0.1, 0.15) is 0 Å². The standard InChI is InChI=1S/C15H18N4O2S/c20-13(19-14(21)10-5-7-16-8-6-10)9-22-15-17-11-3-1-2-4-12(11)18-15/h1-4,10,16H,5-9H2,(H,17,18)(H,19,20,21). The molecule has 0 bridgehead atoms. The molecule has 1 aliphatic rings. The molecule has 2 amide bonds. The van der Waals surface area contributed by atoms with Gasteiger partial charge in [0.2, 0.25) is 11.8 Å². The lowest BCUT2D eigenvalue weighted by molar-refractivity contribution is -0.132. The Hall–Kier alpha value is -1.86. The fourth-order valence-corrected chi connectivity index (χ4v) is 3.18. The van der Waals surface area contributed by atoms with Crippen molar-refractivity contribution in [1.29, 1.82) is 0 Å². The summed E-state index contributed by atoms with van der Waals surface area (Å²) in [6, 6.07) is 7.70. The first-order valence-corrected chi connectivity index (χ1v) is 8.33. The lowest BCUT2D eigenvalue weighted by atomic mass is 9.97. The van der Waals surface area contributed by atoms with Crippen LogP contribution in [0.2, 0.25) is 0 Å². The molecule has 2 aromatic rings. The third-order valence-electron chi connectivity index (χ3n) is 3.68. The van der Waals surface area contributed by atoms with Crippen LogP contribution in [0.4, 0.5) is 0 Å². The number of carbonyl (C=O) groups is 2. The maximum Gasteiger partial charge on any atom is 0.237 e. The Morgan fingerprint density at radius 3 is 2.82 bits per heavy atom. The maximum atomic E-state index is 12.0. The smallest absolute Gasteiger partial charge is 0.237 e. The summed E-state index contributed by atoms with van der Waals surface area (Å²) in [5.41, 5.74) is 1.81. The molecule has 0 atom stereocenters. The van der Waals surface area contributed by atoms with E-state index in [1.54, 1.807) is 0 Å². The zero-order valence-electron chi connectivity index (χ0n) is 12.1. The maximum absolute atomic E-state index is 12.0. The Kier molecular flexibility index (Phi) is 4.74. The number of nitrogens with zero attached hydrogens (tertiary/aromatic N) is 1. The van der Waals surface area contributed by atoms with Gasteiger partial charge >= 0.3 is 0 Å². The molecule has 0 aliphatic carbocycles. The quantitative estimate of drug-likeness (QED) is 0.740. The molecule has 2 heterocycles. The molecule has 116 valence electrons. The molecule has 0 saturated carbocycles. The van der Waals surface area contributed by atoms with E-state index in [2.05, 4.69) is 20.6 Å². The van der Waals surface area contributed by atoms with Crippen LogP contribution in [-0.4, -0.2) is 40.6 Å². The molecule has 7 heteroatoms. The van der Waals surface area contributed by atoms with Crippen molar-refractivity contribution >= 4 is 34.6 Å². The second kappa shape index (κ2) is 6.93. The van der Waals surface area contributed by atoms with Crippen molar-refractivity contribution < 1.29 is 9.59 Å². The minimum absolute atomic E-state index is 0.0543. The van der Waals surface area contributed by atoms with E-state index in [4.69, 9.17) is 0 Å². The molecular weight excluding hydrogens is 300 g/mol. The molecular formula is C15H18N4O2S. The average Bonchev–Trinajstić information content (AvgIpc) is 2.96. The van der Waals surface area contributed by atoms with E-state index >= 15 is 0 Å². The Morgan fingerprint density at radius 1 is 1.27 bits per heavy atom. The van der Waals surface area contributed by atoms with Crippen LogP contribution in [0.25, 0.3) is 11.0 Å². The molecule has 1 aliphatic heterocycles. The van der Waals surface area contributed by atoms with Crippen molar-refractivity contribution in [2.45, 2.75) is 18.0 Å². The van der Waals surface area contributed by atoms with Gasteiger partial charge in [0.15, 0.2) is 5.16 Å². The van der Waals surface area contributed by atoms with E-state index in [1.807, 2.05) is 24.3 Å². The third kappa shape index (κ3) is 3.66. The molecule has 3 N–H and O–H groups in total. The van der Waals surface area contributed by atoms with Gasteiger partial charge in [0.05, 0.1) is 16.8 Å². The lowest BCUT2D eigenvalue weighted by Crippen LogP contribution is -2.41. The fraction of sp³-hybridized carbons (Fsp3) is 0.400. The normalized spacial score (nSPS) is 15.8. The summed E-state index contributed by atoms with van der Waals surface area (Å²) in [5.74, 6) is -0.302. The average molecular weight is 318 g/mol. The van der Waals surface area contributed by atoms with E-state index in [0.717, 1.165) is 37.0 Å². The number of imidazole rings is 1. The largest absolute Gasteiger partial charge is 0.333 e. The Balaban J connectivity index is 1.50. The second-order valence-electron chi connectivity index (χ2n) is 5.28. The van der Waals surface area contributed by atoms with Crippen molar-refractivity contribution in [2.75, 3.05) is 18.8 Å². The molecule has 0 radical (unpaired) electrons. The van der Waals surface area contributed by atoms with Crippen LogP contribution < -0.4 is 10.6 Å². The number of H-pyrrole nitrogens is 1. The summed E-state index contributed by atoms with van der Waals surface area (Å²) in [6.45, 7) is 1.67. The number of amides is 2. The van der Waals surface area contributed by atoms with Crippen molar-refractivity contribution in [3.63, 3.8) is 0 Å². The fourth-order valence-electron chi connectivity index (χ4n) is 2.49. The minimum Gasteiger partial charge on any atom is -0.333 e. The van der Waals surface area contributed by atoms with E-state index in [9.17, 15) is 9.59 Å². The van der Waals surface area contributed by atoms with Gasteiger partial charge < -0.3 is 10.3 Å². The van der Waals surface area contributed by atoms with Gasteiger partial charge in [-0.15, -0.1) is 0 Å². The highest BCUT2D eigenvalue weighted by Gasteiger charge is 2.22. The van der Waals surface area contributed by atoms with Crippen molar-refractivity contribution in [1.82, 2.24) is 20.6 Å². The van der Waals surface area contributed by atoms with Gasteiger partial charge in [0.25, 0.3) is 0 Å². The number of aromatic amines is 1. The predicted octanol–water partition coefficient (Wildman–Crippen LogP) is 1.30. The number of thioether (sulfide) groups is 1. The predicted molar refractivity (Wildman–Crippen MR) is 85.6 cm³/mol. The van der Waals surface area contributed by atoms with Gasteiger partial charge in [0, 0.05) is 5.92 Å². The van der Waals surface area contributed by atoms with Gasteiger partial charge in [-0.25, -0.2) is 4.98 Å². The molecule has 1 aromatic carbocycles. The first-order valence-electron chi connectivity index (χ1n) is 7.34. The molecule has 1 saturated heterocycles. The highest BCUT2D eigenvalue weighted by molar-refractivity contribution is 7.99. The summed E-state index contributed by atoms with van der Waals surface area (Å²) in [5, 5.41) is 6.37. The van der Waals surface area contributed by atoms with E-state index in [0.29, 0.717) is 5.16 Å². The molecule has 3 rings (SSSR count). The van der Waals surface area contributed by atoms with E-state index in [-0.39, 0.29) is 23.5 Å². The number of hydrogen-bond acceptors (Lipinski definition) is 5. The molecule has 0 spiro atoms. The number of imide groups is 1. The van der Waals surface area contributed by atoms with Gasteiger partial charge in [-0.05, 0) is 38.1 Å². The number of carbonyl (C=O) groups excluding carboxylic acids is 2. The molecule has 1 aromatic heterocycles. The zero-order valence-corrected chi connectivity index (χ0v) is 12.9. The number of aromatic nitrogens is 2. The second-order valence-corrected chi connectivity index (χ2v) is 6.25. The van der Waals surface area contributed by atoms with Crippen LogP contribution in [0, 0.1) is 5.92 Å².